The van der Waals surface area contributed by atoms with Crippen molar-refractivity contribution in [3.63, 3.8) is 0 Å². The summed E-state index contributed by atoms with van der Waals surface area (Å²) in [5, 5.41) is 3.18. The number of ether oxygens (including phenoxy) is 2. The number of aryl methyl sites for hydroxylation is 1. The molecule has 0 bridgehead atoms. The molecule has 3 aromatic rings. The molecular formula is C26H30N4O4. The topological polar surface area (TPSA) is 85.7 Å². The predicted octanol–water partition coefficient (Wildman–Crippen LogP) is 2.95. The molecule has 34 heavy (non-hydrogen) atoms. The Labute approximate surface area is 199 Å². The molecule has 8 heteroatoms. The number of amides is 2. The normalized spacial score (nSPS) is 14.9. The third kappa shape index (κ3) is 5.39. The van der Waals surface area contributed by atoms with E-state index in [1.54, 1.807) is 18.2 Å². The number of nitrogens with one attached hydrogen (secondary N) is 1. The van der Waals surface area contributed by atoms with E-state index < -0.39 is 6.04 Å². The third-order valence-electron chi connectivity index (χ3n) is 6.18. The number of nitrogens with zero attached hydrogens (tertiary/aromatic N) is 3. The standard InChI is InChI=1S/C26H30N4O4/c1-29-17-14-27-25(29)24(21-10-6-7-11-22(21)33-2)28-26(32)19-12-15-30(16-13-19)23(31)18-34-20-8-4-3-5-9-20/h3-11,14,17,19,24H,12-13,15-16,18H2,1-2H3,(H,28,32). The van der Waals surface area contributed by atoms with Gasteiger partial charge in [0.15, 0.2) is 6.61 Å². The molecule has 1 fully saturated rings. The summed E-state index contributed by atoms with van der Waals surface area (Å²) >= 11 is 0. The first-order chi connectivity index (χ1) is 16.6. The number of carbonyl (C=O) groups is 2. The summed E-state index contributed by atoms with van der Waals surface area (Å²) in [5.74, 6) is 1.78. The fraction of sp³-hybridized carbons (Fsp3) is 0.346. The molecule has 1 aliphatic heterocycles. The van der Waals surface area contributed by atoms with E-state index in [0.29, 0.717) is 37.4 Å². The number of benzene rings is 2. The minimum atomic E-state index is -0.442. The Balaban J connectivity index is 1.38. The minimum Gasteiger partial charge on any atom is -0.496 e. The summed E-state index contributed by atoms with van der Waals surface area (Å²) in [4.78, 5) is 32.0. The van der Waals surface area contributed by atoms with Crippen LogP contribution in [0.5, 0.6) is 11.5 Å². The predicted molar refractivity (Wildman–Crippen MR) is 127 cm³/mol. The van der Waals surface area contributed by atoms with Gasteiger partial charge in [0.1, 0.15) is 23.4 Å². The molecular weight excluding hydrogens is 432 g/mol. The van der Waals surface area contributed by atoms with Crippen molar-refractivity contribution in [2.75, 3.05) is 26.8 Å². The highest BCUT2D eigenvalue weighted by Gasteiger charge is 2.31. The maximum atomic E-state index is 13.3. The number of rotatable bonds is 8. The van der Waals surface area contributed by atoms with Gasteiger partial charge in [-0.2, -0.15) is 0 Å². The van der Waals surface area contributed by atoms with E-state index in [1.165, 1.54) is 0 Å². The molecule has 2 amide bonds. The lowest BCUT2D eigenvalue weighted by Crippen LogP contribution is -2.45. The third-order valence-corrected chi connectivity index (χ3v) is 6.18. The summed E-state index contributed by atoms with van der Waals surface area (Å²) in [6.07, 6.45) is 4.77. The van der Waals surface area contributed by atoms with Crippen molar-refractivity contribution in [3.8, 4) is 11.5 Å². The number of aromatic nitrogens is 2. The van der Waals surface area contributed by atoms with Crippen LogP contribution < -0.4 is 14.8 Å². The Morgan fingerprint density at radius 3 is 2.47 bits per heavy atom. The number of carbonyl (C=O) groups excluding carboxylic acids is 2. The molecule has 1 aromatic heterocycles. The van der Waals surface area contributed by atoms with Crippen LogP contribution in [-0.4, -0.2) is 53.1 Å². The quantitative estimate of drug-likeness (QED) is 0.556. The molecule has 0 saturated carbocycles. The van der Waals surface area contributed by atoms with Gasteiger partial charge in [0, 0.05) is 44.0 Å². The van der Waals surface area contributed by atoms with Crippen LogP contribution in [0.2, 0.25) is 0 Å². The number of piperidine rings is 1. The Hall–Kier alpha value is -3.81. The monoisotopic (exact) mass is 462 g/mol. The van der Waals surface area contributed by atoms with Gasteiger partial charge in [-0.1, -0.05) is 36.4 Å². The van der Waals surface area contributed by atoms with Gasteiger partial charge in [-0.25, -0.2) is 4.98 Å². The van der Waals surface area contributed by atoms with Crippen molar-refractivity contribution < 1.29 is 19.1 Å². The van der Waals surface area contributed by atoms with Crippen molar-refractivity contribution in [3.05, 3.63) is 78.4 Å². The van der Waals surface area contributed by atoms with Crippen LogP contribution >= 0.6 is 0 Å². The van der Waals surface area contributed by atoms with Gasteiger partial charge in [-0.3, -0.25) is 9.59 Å². The molecule has 0 radical (unpaired) electrons. The highest BCUT2D eigenvalue weighted by Crippen LogP contribution is 2.30. The maximum absolute atomic E-state index is 13.3. The molecule has 0 spiro atoms. The zero-order valence-corrected chi connectivity index (χ0v) is 19.5. The Morgan fingerprint density at radius 1 is 1.09 bits per heavy atom. The van der Waals surface area contributed by atoms with E-state index >= 15 is 0 Å². The van der Waals surface area contributed by atoms with E-state index in [2.05, 4.69) is 10.3 Å². The first-order valence-corrected chi connectivity index (χ1v) is 11.4. The average molecular weight is 463 g/mol. The molecule has 1 aliphatic rings. The highest BCUT2D eigenvalue weighted by atomic mass is 16.5. The summed E-state index contributed by atoms with van der Waals surface area (Å²) in [6.45, 7) is 1.05. The van der Waals surface area contributed by atoms with Gasteiger partial charge < -0.3 is 24.3 Å². The largest absolute Gasteiger partial charge is 0.496 e. The van der Waals surface area contributed by atoms with Crippen molar-refractivity contribution in [2.24, 2.45) is 13.0 Å². The van der Waals surface area contributed by atoms with E-state index in [0.717, 1.165) is 11.4 Å². The summed E-state index contributed by atoms with van der Waals surface area (Å²) in [7, 11) is 3.52. The summed E-state index contributed by atoms with van der Waals surface area (Å²) in [5.41, 5.74) is 0.846. The summed E-state index contributed by atoms with van der Waals surface area (Å²) in [6, 6.07) is 16.5. The van der Waals surface area contributed by atoms with Gasteiger partial charge in [0.25, 0.3) is 5.91 Å². The van der Waals surface area contributed by atoms with Crippen LogP contribution in [0.1, 0.15) is 30.3 Å². The first-order valence-electron chi connectivity index (χ1n) is 11.4. The Morgan fingerprint density at radius 2 is 1.79 bits per heavy atom. The van der Waals surface area contributed by atoms with Gasteiger partial charge in [0.2, 0.25) is 5.91 Å². The van der Waals surface area contributed by atoms with Gasteiger partial charge in [-0.05, 0) is 31.0 Å². The lowest BCUT2D eigenvalue weighted by atomic mass is 9.94. The average Bonchev–Trinajstić information content (AvgIpc) is 3.31. The van der Waals surface area contributed by atoms with Crippen molar-refractivity contribution in [1.29, 1.82) is 0 Å². The van der Waals surface area contributed by atoms with Crippen LogP contribution in [0.3, 0.4) is 0 Å². The van der Waals surface area contributed by atoms with Gasteiger partial charge in [-0.15, -0.1) is 0 Å². The molecule has 1 saturated heterocycles. The van der Waals surface area contributed by atoms with Crippen LogP contribution in [0, 0.1) is 5.92 Å². The Kier molecular flexibility index (Phi) is 7.47. The number of para-hydroxylation sites is 2. The molecule has 178 valence electrons. The van der Waals surface area contributed by atoms with Crippen molar-refractivity contribution in [1.82, 2.24) is 19.8 Å². The maximum Gasteiger partial charge on any atom is 0.260 e. The molecule has 1 atom stereocenters. The summed E-state index contributed by atoms with van der Waals surface area (Å²) < 4.78 is 13.0. The number of hydrogen-bond acceptors (Lipinski definition) is 5. The highest BCUT2D eigenvalue weighted by molar-refractivity contribution is 5.81. The smallest absolute Gasteiger partial charge is 0.260 e. The zero-order chi connectivity index (χ0) is 23.9. The van der Waals surface area contributed by atoms with Crippen LogP contribution in [-0.2, 0) is 16.6 Å². The fourth-order valence-corrected chi connectivity index (χ4v) is 4.25. The molecule has 2 heterocycles. The van der Waals surface area contributed by atoms with E-state index in [4.69, 9.17) is 9.47 Å². The Bertz CT molecular complexity index is 1110. The lowest BCUT2D eigenvalue weighted by molar-refractivity contribution is -0.137. The van der Waals surface area contributed by atoms with Crippen LogP contribution in [0.15, 0.2) is 67.0 Å². The number of hydrogen-bond donors (Lipinski definition) is 1. The second-order valence-electron chi connectivity index (χ2n) is 8.34. The molecule has 1 N–H and O–H groups in total. The number of imidazole rings is 1. The van der Waals surface area contributed by atoms with E-state index in [-0.39, 0.29) is 24.3 Å². The minimum absolute atomic E-state index is 0.00406. The van der Waals surface area contributed by atoms with E-state index in [1.807, 2.05) is 72.4 Å². The van der Waals surface area contributed by atoms with Crippen molar-refractivity contribution in [2.45, 2.75) is 18.9 Å². The molecule has 4 rings (SSSR count). The zero-order valence-electron chi connectivity index (χ0n) is 19.5. The number of likely N-dealkylation sites (tertiary alicyclic amines) is 1. The molecule has 8 nitrogen and oxygen atoms in total. The lowest BCUT2D eigenvalue weighted by Gasteiger charge is -2.32. The fourth-order valence-electron chi connectivity index (χ4n) is 4.25. The second-order valence-corrected chi connectivity index (χ2v) is 8.34. The molecule has 1 unspecified atom stereocenters. The first kappa shape index (κ1) is 23.4. The number of methoxy groups -OCH3 is 1. The van der Waals surface area contributed by atoms with E-state index in [9.17, 15) is 9.59 Å². The van der Waals surface area contributed by atoms with Crippen LogP contribution in [0.25, 0.3) is 0 Å². The van der Waals surface area contributed by atoms with Crippen LogP contribution in [0.4, 0.5) is 0 Å². The van der Waals surface area contributed by atoms with Gasteiger partial charge >= 0.3 is 0 Å². The second kappa shape index (κ2) is 10.9. The SMILES string of the molecule is COc1ccccc1C(NC(=O)C1CCN(C(=O)COc2ccccc2)CC1)c1nccn1C. The molecule has 0 aliphatic carbocycles. The molecule has 2 aromatic carbocycles. The van der Waals surface area contributed by atoms with Crippen molar-refractivity contribution >= 4 is 11.8 Å². The van der Waals surface area contributed by atoms with Gasteiger partial charge in [0.05, 0.1) is 7.11 Å².